The van der Waals surface area contributed by atoms with Crippen molar-refractivity contribution in [2.45, 2.75) is 26.3 Å². The van der Waals surface area contributed by atoms with Crippen LogP contribution in [0.5, 0.6) is 0 Å². The number of halogens is 1. The molecule has 0 aromatic heterocycles. The van der Waals surface area contributed by atoms with E-state index in [1.165, 1.54) is 12.1 Å². The molecular formula is C13H16FN3O. The molecule has 0 heterocycles. The minimum absolute atomic E-state index is 0.0416. The molecule has 1 amide bonds. The molecule has 18 heavy (non-hydrogen) atoms. The quantitative estimate of drug-likeness (QED) is 0.838. The Balaban J connectivity index is 2.68. The average Bonchev–Trinajstić information content (AvgIpc) is 2.27. The molecule has 0 aliphatic carbocycles. The summed E-state index contributed by atoms with van der Waals surface area (Å²) in [5, 5.41) is 14.4. The summed E-state index contributed by atoms with van der Waals surface area (Å²) >= 11 is 0. The summed E-state index contributed by atoms with van der Waals surface area (Å²) in [6, 6.07) is 5.74. The second-order valence-corrected chi connectivity index (χ2v) is 4.00. The predicted octanol–water partition coefficient (Wildman–Crippen LogP) is 1.96. The standard InChI is InChI=1S/C13H16FN3O/c1-3-16-13(18)7-12(8-15)17-11-5-9(2)4-10(14)6-11/h4-6,12,17H,3,7H2,1-2H3,(H,16,18). The highest BCUT2D eigenvalue weighted by Crippen LogP contribution is 2.14. The molecule has 0 radical (unpaired) electrons. The number of carbonyl (C=O) groups excluding carboxylic acids is 1. The number of benzene rings is 1. The van der Waals surface area contributed by atoms with Gasteiger partial charge in [-0.15, -0.1) is 0 Å². The molecule has 0 bridgehead atoms. The second kappa shape index (κ2) is 6.60. The van der Waals surface area contributed by atoms with Gasteiger partial charge < -0.3 is 10.6 Å². The van der Waals surface area contributed by atoms with Crippen molar-refractivity contribution in [2.75, 3.05) is 11.9 Å². The minimum Gasteiger partial charge on any atom is -0.369 e. The molecule has 0 saturated carbocycles. The van der Waals surface area contributed by atoms with E-state index in [2.05, 4.69) is 10.6 Å². The van der Waals surface area contributed by atoms with Crippen LogP contribution in [0.4, 0.5) is 10.1 Å². The van der Waals surface area contributed by atoms with Gasteiger partial charge in [0.2, 0.25) is 5.91 Å². The van der Waals surface area contributed by atoms with E-state index in [4.69, 9.17) is 5.26 Å². The number of nitriles is 1. The van der Waals surface area contributed by atoms with E-state index in [0.717, 1.165) is 5.56 Å². The van der Waals surface area contributed by atoms with Gasteiger partial charge in [-0.05, 0) is 37.6 Å². The van der Waals surface area contributed by atoms with Crippen LogP contribution in [0.15, 0.2) is 18.2 Å². The van der Waals surface area contributed by atoms with E-state index < -0.39 is 6.04 Å². The first-order valence-corrected chi connectivity index (χ1v) is 5.75. The van der Waals surface area contributed by atoms with Gasteiger partial charge >= 0.3 is 0 Å². The number of nitrogens with zero attached hydrogens (tertiary/aromatic N) is 1. The summed E-state index contributed by atoms with van der Waals surface area (Å²) in [6.45, 7) is 4.10. The molecule has 1 aromatic carbocycles. The molecule has 2 N–H and O–H groups in total. The van der Waals surface area contributed by atoms with Crippen molar-refractivity contribution in [2.24, 2.45) is 0 Å². The third-order valence-electron chi connectivity index (χ3n) is 2.30. The first-order chi connectivity index (χ1) is 8.55. The number of hydrogen-bond donors (Lipinski definition) is 2. The van der Waals surface area contributed by atoms with Gasteiger partial charge in [0, 0.05) is 12.2 Å². The van der Waals surface area contributed by atoms with Crippen molar-refractivity contribution >= 4 is 11.6 Å². The molecule has 0 saturated heterocycles. The topological polar surface area (TPSA) is 64.9 Å². The molecule has 4 nitrogen and oxygen atoms in total. The third-order valence-corrected chi connectivity index (χ3v) is 2.30. The maximum Gasteiger partial charge on any atom is 0.223 e. The van der Waals surface area contributed by atoms with Crippen molar-refractivity contribution in [1.82, 2.24) is 5.32 Å². The number of aryl methyl sites for hydroxylation is 1. The molecule has 0 aliphatic heterocycles. The molecule has 0 spiro atoms. The van der Waals surface area contributed by atoms with E-state index in [9.17, 15) is 9.18 Å². The van der Waals surface area contributed by atoms with Gasteiger partial charge in [-0.1, -0.05) is 0 Å². The Labute approximate surface area is 106 Å². The molecule has 0 aliphatic rings. The zero-order valence-corrected chi connectivity index (χ0v) is 10.5. The first kappa shape index (κ1) is 14.0. The van der Waals surface area contributed by atoms with Gasteiger partial charge in [-0.25, -0.2) is 4.39 Å². The Kier molecular flexibility index (Phi) is 5.12. The Morgan fingerprint density at radius 3 is 2.78 bits per heavy atom. The zero-order chi connectivity index (χ0) is 13.5. The van der Waals surface area contributed by atoms with E-state index in [0.29, 0.717) is 12.2 Å². The van der Waals surface area contributed by atoms with Crippen LogP contribution in [0, 0.1) is 24.1 Å². The van der Waals surface area contributed by atoms with Crippen LogP contribution in [0.25, 0.3) is 0 Å². The van der Waals surface area contributed by atoms with Gasteiger partial charge in [0.1, 0.15) is 11.9 Å². The molecule has 5 heteroatoms. The van der Waals surface area contributed by atoms with Crippen LogP contribution < -0.4 is 10.6 Å². The van der Waals surface area contributed by atoms with Gasteiger partial charge in [0.05, 0.1) is 12.5 Å². The van der Waals surface area contributed by atoms with Gasteiger partial charge in [-0.3, -0.25) is 4.79 Å². The number of hydrogen-bond acceptors (Lipinski definition) is 3. The first-order valence-electron chi connectivity index (χ1n) is 5.75. The Morgan fingerprint density at radius 2 is 2.22 bits per heavy atom. The molecule has 1 atom stereocenters. The molecular weight excluding hydrogens is 233 g/mol. The Hall–Kier alpha value is -2.09. The lowest BCUT2D eigenvalue weighted by atomic mass is 10.1. The van der Waals surface area contributed by atoms with Gasteiger partial charge in [-0.2, -0.15) is 5.26 Å². The van der Waals surface area contributed by atoms with E-state index in [-0.39, 0.29) is 18.1 Å². The van der Waals surface area contributed by atoms with Crippen LogP contribution in [-0.2, 0) is 4.79 Å². The molecule has 1 unspecified atom stereocenters. The smallest absolute Gasteiger partial charge is 0.223 e. The number of carbonyl (C=O) groups is 1. The summed E-state index contributed by atoms with van der Waals surface area (Å²) in [7, 11) is 0. The van der Waals surface area contributed by atoms with E-state index >= 15 is 0 Å². The number of amides is 1. The van der Waals surface area contributed by atoms with Crippen LogP contribution in [0.2, 0.25) is 0 Å². The highest BCUT2D eigenvalue weighted by Gasteiger charge is 2.12. The zero-order valence-electron chi connectivity index (χ0n) is 10.5. The SMILES string of the molecule is CCNC(=O)CC(C#N)Nc1cc(C)cc(F)c1. The van der Waals surface area contributed by atoms with Gasteiger partial charge in [0.15, 0.2) is 0 Å². The highest BCUT2D eigenvalue weighted by molar-refractivity contribution is 5.77. The fourth-order valence-corrected chi connectivity index (χ4v) is 1.60. The summed E-state index contributed by atoms with van der Waals surface area (Å²) in [6.07, 6.45) is 0.0416. The lowest BCUT2D eigenvalue weighted by molar-refractivity contribution is -0.121. The average molecular weight is 249 g/mol. The number of anilines is 1. The maximum atomic E-state index is 13.2. The van der Waals surface area contributed by atoms with Crippen molar-refractivity contribution in [3.05, 3.63) is 29.6 Å². The van der Waals surface area contributed by atoms with Crippen LogP contribution in [0.3, 0.4) is 0 Å². The fourth-order valence-electron chi connectivity index (χ4n) is 1.60. The predicted molar refractivity (Wildman–Crippen MR) is 67.5 cm³/mol. The van der Waals surface area contributed by atoms with E-state index in [1.54, 1.807) is 13.0 Å². The van der Waals surface area contributed by atoms with Crippen molar-refractivity contribution in [3.8, 4) is 6.07 Å². The maximum absolute atomic E-state index is 13.2. The van der Waals surface area contributed by atoms with Crippen LogP contribution >= 0.6 is 0 Å². The Morgan fingerprint density at radius 1 is 1.50 bits per heavy atom. The monoisotopic (exact) mass is 249 g/mol. The van der Waals surface area contributed by atoms with Gasteiger partial charge in [0.25, 0.3) is 0 Å². The Bertz CT molecular complexity index is 448. The van der Waals surface area contributed by atoms with Crippen LogP contribution in [0.1, 0.15) is 18.9 Å². The summed E-state index contributed by atoms with van der Waals surface area (Å²) in [5.74, 6) is -0.572. The van der Waals surface area contributed by atoms with Crippen molar-refractivity contribution in [1.29, 1.82) is 5.26 Å². The van der Waals surface area contributed by atoms with Crippen LogP contribution in [-0.4, -0.2) is 18.5 Å². The van der Waals surface area contributed by atoms with Crippen molar-refractivity contribution < 1.29 is 9.18 Å². The lowest BCUT2D eigenvalue weighted by Crippen LogP contribution is -2.30. The minimum atomic E-state index is -0.669. The molecule has 0 fully saturated rings. The van der Waals surface area contributed by atoms with Crippen molar-refractivity contribution in [3.63, 3.8) is 0 Å². The lowest BCUT2D eigenvalue weighted by Gasteiger charge is -2.13. The van der Waals surface area contributed by atoms with E-state index in [1.807, 2.05) is 13.0 Å². The third kappa shape index (κ3) is 4.42. The second-order valence-electron chi connectivity index (χ2n) is 4.00. The molecule has 1 rings (SSSR count). The largest absolute Gasteiger partial charge is 0.369 e. The fraction of sp³-hybridized carbons (Fsp3) is 0.385. The highest BCUT2D eigenvalue weighted by atomic mass is 19.1. The summed E-state index contributed by atoms with van der Waals surface area (Å²) in [5.41, 5.74) is 1.26. The molecule has 1 aromatic rings. The summed E-state index contributed by atoms with van der Waals surface area (Å²) < 4.78 is 13.2. The summed E-state index contributed by atoms with van der Waals surface area (Å²) in [4.78, 5) is 11.4. The number of nitrogens with one attached hydrogen (secondary N) is 2. The number of rotatable bonds is 5. The molecule has 96 valence electrons. The normalized spacial score (nSPS) is 11.4.